The van der Waals surface area contributed by atoms with Crippen LogP contribution in [0.3, 0.4) is 0 Å². The quantitative estimate of drug-likeness (QED) is 0.568. The first-order chi connectivity index (χ1) is 10.0. The lowest BCUT2D eigenvalue weighted by Gasteiger charge is -2.49. The molecule has 6 nitrogen and oxygen atoms in total. The van der Waals surface area contributed by atoms with Crippen LogP contribution < -0.4 is 0 Å². The second-order valence-electron chi connectivity index (χ2n) is 5.94. The fourth-order valence-corrected chi connectivity index (χ4v) is 4.20. The maximum atomic E-state index is 12.3. The fourth-order valence-electron chi connectivity index (χ4n) is 4.20. The molecule has 0 spiro atoms. The average molecular weight is 291 g/mol. The lowest BCUT2D eigenvalue weighted by atomic mass is 9.58. The normalized spacial score (nSPS) is 38.5. The van der Waals surface area contributed by atoms with Crippen molar-refractivity contribution in [2.45, 2.75) is 37.3 Å². The number of fused-ring (bicyclic) bond motifs is 3. The van der Waals surface area contributed by atoms with Crippen LogP contribution in [0.25, 0.3) is 0 Å². The maximum absolute atomic E-state index is 12.3. The van der Waals surface area contributed by atoms with Crippen molar-refractivity contribution in [1.29, 1.82) is 0 Å². The summed E-state index contributed by atoms with van der Waals surface area (Å²) >= 11 is 0. The Morgan fingerprint density at radius 1 is 1.33 bits per heavy atom. The second-order valence-corrected chi connectivity index (χ2v) is 5.94. The van der Waals surface area contributed by atoms with E-state index in [1.54, 1.807) is 0 Å². The Morgan fingerprint density at radius 3 is 2.76 bits per heavy atom. The molecule has 0 unspecified atom stereocenters. The molecule has 0 aromatic carbocycles. The van der Waals surface area contributed by atoms with E-state index in [0.717, 1.165) is 12.8 Å². The van der Waals surface area contributed by atoms with Crippen molar-refractivity contribution in [2.75, 3.05) is 7.11 Å². The van der Waals surface area contributed by atoms with Gasteiger partial charge < -0.3 is 4.74 Å². The van der Waals surface area contributed by atoms with Gasteiger partial charge in [0.2, 0.25) is 0 Å². The Kier molecular flexibility index (Phi) is 3.28. The Labute approximate surface area is 122 Å². The zero-order valence-corrected chi connectivity index (χ0v) is 11.8. The van der Waals surface area contributed by atoms with Gasteiger partial charge in [0, 0.05) is 23.5 Å². The maximum Gasteiger partial charge on any atom is 0.260 e. The molecule has 0 aromatic rings. The van der Waals surface area contributed by atoms with Crippen LogP contribution in [0.5, 0.6) is 0 Å². The van der Waals surface area contributed by atoms with E-state index in [0.29, 0.717) is 12.8 Å². The number of nitro groups is 1. The highest BCUT2D eigenvalue weighted by atomic mass is 16.6. The minimum atomic E-state index is -1.07. The molecule has 112 valence electrons. The third kappa shape index (κ3) is 1.89. The largest absolute Gasteiger partial charge is 0.370 e. The fraction of sp³-hybridized carbons (Fsp3) is 0.600. The Balaban J connectivity index is 2.18. The number of allylic oxidation sites excluding steroid dienone is 3. The predicted molar refractivity (Wildman–Crippen MR) is 73.2 cm³/mol. The third-order valence-corrected chi connectivity index (χ3v) is 5.13. The van der Waals surface area contributed by atoms with Crippen LogP contribution in [0.2, 0.25) is 0 Å². The number of rotatable bonds is 2. The molecule has 6 heteroatoms. The molecule has 0 aromatic heterocycles. The van der Waals surface area contributed by atoms with Gasteiger partial charge in [0.25, 0.3) is 6.04 Å². The molecule has 1 fully saturated rings. The number of hydrogen-bond donors (Lipinski definition) is 0. The van der Waals surface area contributed by atoms with Crippen LogP contribution in [-0.4, -0.2) is 35.2 Å². The Hall–Kier alpha value is -1.82. The van der Waals surface area contributed by atoms with Crippen LogP contribution in [0.15, 0.2) is 23.8 Å². The van der Waals surface area contributed by atoms with Crippen molar-refractivity contribution < 1.29 is 19.2 Å². The molecule has 3 aliphatic rings. The summed E-state index contributed by atoms with van der Waals surface area (Å²) in [5.41, 5.74) is -0.694. The number of carbonyl (C=O) groups is 2. The number of carbonyl (C=O) groups excluding carboxylic acids is 2. The highest BCUT2D eigenvalue weighted by molar-refractivity contribution is 6.16. The van der Waals surface area contributed by atoms with Crippen LogP contribution >= 0.6 is 0 Å². The third-order valence-electron chi connectivity index (χ3n) is 5.13. The summed E-state index contributed by atoms with van der Waals surface area (Å²) in [7, 11) is 1.47. The molecule has 0 amide bonds. The standard InChI is InChI=1S/C15H17NO5/c1-21-15-7-3-2-4-10(15)14-9(8-13(15)16(19)20)11(17)5-6-12(14)18/h5-6,8,10,13-14H,2-4,7H2,1H3/t10-,13-,14+,15+/m1/s1. The van der Waals surface area contributed by atoms with E-state index >= 15 is 0 Å². The molecule has 0 radical (unpaired) electrons. The summed E-state index contributed by atoms with van der Waals surface area (Å²) < 4.78 is 5.62. The first-order valence-electron chi connectivity index (χ1n) is 7.18. The van der Waals surface area contributed by atoms with Crippen molar-refractivity contribution in [1.82, 2.24) is 0 Å². The van der Waals surface area contributed by atoms with Crippen molar-refractivity contribution in [3.8, 4) is 0 Å². The summed E-state index contributed by atoms with van der Waals surface area (Å²) in [5, 5.41) is 11.5. The van der Waals surface area contributed by atoms with Gasteiger partial charge in [0.1, 0.15) is 5.60 Å². The Bertz CT molecular complexity index is 579. The first-order valence-corrected chi connectivity index (χ1v) is 7.18. The van der Waals surface area contributed by atoms with Gasteiger partial charge in [-0.05, 0) is 31.1 Å². The lowest BCUT2D eigenvalue weighted by Crippen LogP contribution is -2.61. The van der Waals surface area contributed by atoms with Gasteiger partial charge in [0.05, 0.1) is 5.92 Å². The van der Waals surface area contributed by atoms with Crippen molar-refractivity contribution >= 4 is 11.6 Å². The number of hydrogen-bond acceptors (Lipinski definition) is 5. The predicted octanol–water partition coefficient (Wildman–Crippen LogP) is 1.47. The summed E-state index contributed by atoms with van der Waals surface area (Å²) in [4.78, 5) is 35.4. The molecular weight excluding hydrogens is 274 g/mol. The minimum absolute atomic E-state index is 0.143. The zero-order chi connectivity index (χ0) is 15.2. The molecule has 3 aliphatic carbocycles. The van der Waals surface area contributed by atoms with Crippen LogP contribution in [0, 0.1) is 22.0 Å². The minimum Gasteiger partial charge on any atom is -0.370 e. The SMILES string of the molecule is CO[C@@]12CCCC[C@@H]1[C@H]1C(=O)C=CC(=O)C1=C[C@H]2[N+](=O)[O-]. The van der Waals surface area contributed by atoms with Crippen LogP contribution in [-0.2, 0) is 14.3 Å². The van der Waals surface area contributed by atoms with E-state index < -0.39 is 17.6 Å². The van der Waals surface area contributed by atoms with E-state index in [1.807, 2.05) is 0 Å². The first kappa shape index (κ1) is 14.1. The smallest absolute Gasteiger partial charge is 0.260 e. The summed E-state index contributed by atoms with van der Waals surface area (Å²) in [6, 6.07) is -1.07. The molecule has 3 rings (SSSR count). The van der Waals surface area contributed by atoms with Gasteiger partial charge in [-0.25, -0.2) is 0 Å². The highest BCUT2D eigenvalue weighted by Gasteiger charge is 2.60. The molecule has 0 N–H and O–H groups in total. The summed E-state index contributed by atoms with van der Waals surface area (Å²) in [5.74, 6) is -1.32. The van der Waals surface area contributed by atoms with E-state index in [9.17, 15) is 19.7 Å². The molecule has 0 saturated heterocycles. The number of ether oxygens (including phenoxy) is 1. The van der Waals surface area contributed by atoms with Gasteiger partial charge in [-0.15, -0.1) is 0 Å². The van der Waals surface area contributed by atoms with Crippen molar-refractivity contribution in [3.63, 3.8) is 0 Å². The number of ketones is 2. The molecule has 1 saturated carbocycles. The molecular formula is C15H17NO5. The van der Waals surface area contributed by atoms with Crippen molar-refractivity contribution in [2.24, 2.45) is 11.8 Å². The van der Waals surface area contributed by atoms with Crippen molar-refractivity contribution in [3.05, 3.63) is 33.9 Å². The number of nitrogens with zero attached hydrogens (tertiary/aromatic N) is 1. The molecule has 0 heterocycles. The van der Waals surface area contributed by atoms with E-state index in [4.69, 9.17) is 4.74 Å². The highest BCUT2D eigenvalue weighted by Crippen LogP contribution is 2.50. The van der Waals surface area contributed by atoms with Gasteiger partial charge in [-0.1, -0.05) is 12.8 Å². The monoisotopic (exact) mass is 291 g/mol. The zero-order valence-electron chi connectivity index (χ0n) is 11.8. The Morgan fingerprint density at radius 2 is 2.10 bits per heavy atom. The van der Waals surface area contributed by atoms with E-state index in [1.165, 1.54) is 25.3 Å². The lowest BCUT2D eigenvalue weighted by molar-refractivity contribution is -0.539. The number of methoxy groups -OCH3 is 1. The molecule has 4 atom stereocenters. The second kappa shape index (κ2) is 4.87. The molecule has 21 heavy (non-hydrogen) atoms. The molecule has 0 aliphatic heterocycles. The van der Waals surface area contributed by atoms with Gasteiger partial charge in [-0.2, -0.15) is 0 Å². The molecule has 0 bridgehead atoms. The summed E-state index contributed by atoms with van der Waals surface area (Å²) in [6.45, 7) is 0. The average Bonchev–Trinajstić information content (AvgIpc) is 2.49. The topological polar surface area (TPSA) is 86.5 Å². The van der Waals surface area contributed by atoms with E-state index in [2.05, 4.69) is 0 Å². The van der Waals surface area contributed by atoms with Crippen LogP contribution in [0.1, 0.15) is 25.7 Å². The van der Waals surface area contributed by atoms with Gasteiger partial charge in [-0.3, -0.25) is 19.7 Å². The summed E-state index contributed by atoms with van der Waals surface area (Å²) in [6.07, 6.45) is 6.83. The van der Waals surface area contributed by atoms with Gasteiger partial charge >= 0.3 is 0 Å². The van der Waals surface area contributed by atoms with Gasteiger partial charge in [0.15, 0.2) is 11.6 Å². The van der Waals surface area contributed by atoms with Crippen LogP contribution in [0.4, 0.5) is 0 Å². The van der Waals surface area contributed by atoms with E-state index in [-0.39, 0.29) is 28.0 Å².